The molecule has 0 aliphatic carbocycles. The van der Waals surface area contributed by atoms with Crippen molar-refractivity contribution in [2.45, 2.75) is 33.3 Å². The minimum Gasteiger partial charge on any atom is -0.464 e. The molecule has 0 aliphatic rings. The van der Waals surface area contributed by atoms with Crippen molar-refractivity contribution in [3.8, 4) is 0 Å². The molecule has 6 heteroatoms. The summed E-state index contributed by atoms with van der Waals surface area (Å²) in [5.41, 5.74) is 0. The summed E-state index contributed by atoms with van der Waals surface area (Å²) in [6.07, 6.45) is -0.887. The highest BCUT2D eigenvalue weighted by atomic mass is 17.0. The van der Waals surface area contributed by atoms with Crippen LogP contribution in [0.1, 0.15) is 27.2 Å². The average Bonchev–Trinajstić information content (AvgIpc) is 2.09. The van der Waals surface area contributed by atoms with E-state index in [0.717, 1.165) is 0 Å². The number of nitrogens with zero attached hydrogens (tertiary/aromatic N) is 1. The molecule has 0 spiro atoms. The van der Waals surface area contributed by atoms with Crippen molar-refractivity contribution in [1.29, 1.82) is 0 Å². The highest BCUT2D eigenvalue weighted by molar-refractivity contribution is 5.74. The fraction of sp³-hybridized carbons (Fsp3) is 0.875. The molecular weight excluding hydrogens is 190 g/mol. The quantitative estimate of drug-likeness (QED) is 0.369. The summed E-state index contributed by atoms with van der Waals surface area (Å²) in [5, 5.41) is 9.01. The fourth-order valence-corrected chi connectivity index (χ4v) is 0.730. The lowest BCUT2D eigenvalue weighted by Crippen LogP contribution is -2.29. The Labute approximate surface area is 82.3 Å². The highest BCUT2D eigenvalue weighted by Crippen LogP contribution is 2.03. The average molecular weight is 205 g/mol. The number of hydrogen-bond acceptors (Lipinski definition) is 5. The van der Waals surface area contributed by atoms with Crippen molar-refractivity contribution in [2.24, 2.45) is 5.92 Å². The van der Waals surface area contributed by atoms with Gasteiger partial charge in [0.1, 0.15) is 0 Å². The van der Waals surface area contributed by atoms with E-state index in [1.165, 1.54) is 0 Å². The summed E-state index contributed by atoms with van der Waals surface area (Å²) >= 11 is 0. The van der Waals surface area contributed by atoms with Crippen LogP contribution in [0.3, 0.4) is 0 Å². The zero-order chi connectivity index (χ0) is 11.1. The van der Waals surface area contributed by atoms with Crippen molar-refractivity contribution in [2.75, 3.05) is 6.61 Å². The molecule has 0 heterocycles. The Bertz CT molecular complexity index is 204. The third kappa shape index (κ3) is 5.34. The lowest BCUT2D eigenvalue weighted by Gasteiger charge is -2.13. The molecule has 0 rings (SSSR count). The summed E-state index contributed by atoms with van der Waals surface area (Å²) < 4.78 is 4.79. The minimum absolute atomic E-state index is 0.201. The number of hydrogen-bond donors (Lipinski definition) is 0. The molecule has 0 aromatic rings. The molecule has 0 unspecified atom stereocenters. The van der Waals surface area contributed by atoms with Crippen LogP contribution in [0.5, 0.6) is 0 Å². The van der Waals surface area contributed by atoms with Gasteiger partial charge in [-0.1, -0.05) is 20.8 Å². The second-order valence-electron chi connectivity index (χ2n) is 3.25. The third-order valence-corrected chi connectivity index (χ3v) is 1.41. The van der Waals surface area contributed by atoms with Gasteiger partial charge in [0.25, 0.3) is 5.09 Å². The molecule has 0 fully saturated rings. The Morgan fingerprint density at radius 1 is 1.50 bits per heavy atom. The van der Waals surface area contributed by atoms with E-state index in [4.69, 9.17) is 4.74 Å². The van der Waals surface area contributed by atoms with Crippen LogP contribution in [0.4, 0.5) is 0 Å². The summed E-state index contributed by atoms with van der Waals surface area (Å²) in [6.45, 7) is 5.62. The topological polar surface area (TPSA) is 78.7 Å². The van der Waals surface area contributed by atoms with Crippen molar-refractivity contribution in [1.82, 2.24) is 0 Å². The van der Waals surface area contributed by atoms with Gasteiger partial charge >= 0.3 is 5.97 Å². The van der Waals surface area contributed by atoms with Gasteiger partial charge in [0.2, 0.25) is 6.10 Å². The molecule has 0 radical (unpaired) electrons. The number of rotatable bonds is 6. The molecule has 0 aliphatic heterocycles. The molecule has 0 N–H and O–H groups in total. The van der Waals surface area contributed by atoms with Gasteiger partial charge in [-0.15, -0.1) is 10.1 Å². The second kappa shape index (κ2) is 6.17. The maximum Gasteiger partial charge on any atom is 0.335 e. The molecule has 0 saturated carbocycles. The first-order chi connectivity index (χ1) is 6.47. The first-order valence-corrected chi connectivity index (χ1v) is 4.45. The molecule has 6 nitrogen and oxygen atoms in total. The summed E-state index contributed by atoms with van der Waals surface area (Å²) in [7, 11) is 0. The van der Waals surface area contributed by atoms with Crippen molar-refractivity contribution >= 4 is 5.97 Å². The molecule has 1 atom stereocenters. The molecule has 0 aromatic carbocycles. The zero-order valence-corrected chi connectivity index (χ0v) is 8.56. The smallest absolute Gasteiger partial charge is 0.335 e. The van der Waals surface area contributed by atoms with Crippen LogP contribution in [0, 0.1) is 16.0 Å². The summed E-state index contributed by atoms with van der Waals surface area (Å²) in [4.78, 5) is 25.3. The minimum atomic E-state index is -1.11. The molecule has 0 aromatic heterocycles. The molecular formula is C8H15NO5. The molecule has 14 heavy (non-hydrogen) atoms. The predicted octanol–water partition coefficient (Wildman–Crippen LogP) is 1.17. The van der Waals surface area contributed by atoms with E-state index in [-0.39, 0.29) is 18.9 Å². The maximum absolute atomic E-state index is 11.2. The van der Waals surface area contributed by atoms with Crippen LogP contribution >= 0.6 is 0 Å². The van der Waals surface area contributed by atoms with Gasteiger partial charge in [-0.05, 0) is 12.3 Å². The second-order valence-corrected chi connectivity index (χ2v) is 3.25. The van der Waals surface area contributed by atoms with Gasteiger partial charge in [0, 0.05) is 0 Å². The van der Waals surface area contributed by atoms with Crippen LogP contribution < -0.4 is 0 Å². The predicted molar refractivity (Wildman–Crippen MR) is 48.0 cm³/mol. The van der Waals surface area contributed by atoms with Gasteiger partial charge < -0.3 is 4.74 Å². The van der Waals surface area contributed by atoms with E-state index in [1.54, 1.807) is 6.92 Å². The van der Waals surface area contributed by atoms with Crippen LogP contribution in [0.2, 0.25) is 0 Å². The Balaban J connectivity index is 3.98. The first-order valence-electron chi connectivity index (χ1n) is 4.45. The zero-order valence-electron chi connectivity index (χ0n) is 8.56. The largest absolute Gasteiger partial charge is 0.464 e. The highest BCUT2D eigenvalue weighted by Gasteiger charge is 2.22. The Kier molecular flexibility index (Phi) is 5.59. The SMILES string of the molecule is CC[C@H](O[N+](=O)[O-])C(=O)OCC(C)C. The van der Waals surface area contributed by atoms with Crippen molar-refractivity contribution in [3.05, 3.63) is 10.1 Å². The van der Waals surface area contributed by atoms with E-state index >= 15 is 0 Å². The number of carbonyl (C=O) groups is 1. The Hall–Kier alpha value is -1.33. The molecule has 0 amide bonds. The number of carbonyl (C=O) groups excluding carboxylic acids is 1. The van der Waals surface area contributed by atoms with E-state index < -0.39 is 17.2 Å². The summed E-state index contributed by atoms with van der Waals surface area (Å²) in [5.74, 6) is -0.482. The normalized spacial score (nSPS) is 12.3. The third-order valence-electron chi connectivity index (χ3n) is 1.41. The number of esters is 1. The van der Waals surface area contributed by atoms with Gasteiger partial charge in [-0.3, -0.25) is 4.84 Å². The van der Waals surface area contributed by atoms with Crippen LogP contribution in [-0.2, 0) is 14.4 Å². The van der Waals surface area contributed by atoms with Crippen molar-refractivity contribution in [3.63, 3.8) is 0 Å². The van der Waals surface area contributed by atoms with Gasteiger partial charge in [0.05, 0.1) is 6.61 Å². The van der Waals surface area contributed by atoms with E-state index in [9.17, 15) is 14.9 Å². The van der Waals surface area contributed by atoms with E-state index in [2.05, 4.69) is 4.84 Å². The van der Waals surface area contributed by atoms with Gasteiger partial charge in [0.15, 0.2) is 0 Å². The fourth-order valence-electron chi connectivity index (χ4n) is 0.730. The van der Waals surface area contributed by atoms with Crippen LogP contribution in [0.15, 0.2) is 0 Å². The Morgan fingerprint density at radius 3 is 2.43 bits per heavy atom. The number of ether oxygens (including phenoxy) is 1. The standard InChI is InChI=1S/C8H15NO5/c1-4-7(14-9(11)12)8(10)13-5-6(2)3/h6-7H,4-5H2,1-3H3/t7-/m0/s1. The van der Waals surface area contributed by atoms with E-state index in [0.29, 0.717) is 0 Å². The molecule has 0 saturated heterocycles. The van der Waals surface area contributed by atoms with Crippen LogP contribution in [-0.4, -0.2) is 23.8 Å². The van der Waals surface area contributed by atoms with E-state index in [1.807, 2.05) is 13.8 Å². The van der Waals surface area contributed by atoms with Crippen LogP contribution in [0.25, 0.3) is 0 Å². The maximum atomic E-state index is 11.2. The molecule has 0 bridgehead atoms. The van der Waals surface area contributed by atoms with Crippen molar-refractivity contribution < 1.29 is 19.5 Å². The summed E-state index contributed by atoms with van der Waals surface area (Å²) in [6, 6.07) is 0. The molecule has 82 valence electrons. The van der Waals surface area contributed by atoms with Gasteiger partial charge in [-0.25, -0.2) is 4.79 Å². The first kappa shape index (κ1) is 12.7. The lowest BCUT2D eigenvalue weighted by molar-refractivity contribution is -0.765. The lowest BCUT2D eigenvalue weighted by atomic mass is 10.2. The van der Waals surface area contributed by atoms with Gasteiger partial charge in [-0.2, -0.15) is 0 Å². The Morgan fingerprint density at radius 2 is 2.07 bits per heavy atom. The monoisotopic (exact) mass is 205 g/mol.